The Morgan fingerprint density at radius 1 is 1.48 bits per heavy atom. The summed E-state index contributed by atoms with van der Waals surface area (Å²) in [4.78, 5) is 12.2. The molecular weight excluding hydrogens is 296 g/mol. The molecule has 21 heavy (non-hydrogen) atoms. The molecule has 7 nitrogen and oxygen atoms in total. The predicted octanol–water partition coefficient (Wildman–Crippen LogP) is -0.394. The number of aliphatic hydroxyl groups is 1. The largest absolute Gasteiger partial charge is 0.385 e. The number of carbonyl (C=O) groups excluding carboxylic acids is 1. The first kappa shape index (κ1) is 18.3. The smallest absolute Gasteiger partial charge is 0.238 e. The number of amides is 1. The van der Waals surface area contributed by atoms with E-state index in [1.165, 1.54) is 0 Å². The molecule has 3 atom stereocenters. The van der Waals surface area contributed by atoms with Crippen molar-refractivity contribution < 1.29 is 23.1 Å². The Hall–Kier alpha value is -0.700. The van der Waals surface area contributed by atoms with Crippen molar-refractivity contribution in [1.82, 2.24) is 10.0 Å². The van der Waals surface area contributed by atoms with Crippen LogP contribution >= 0.6 is 0 Å². The van der Waals surface area contributed by atoms with E-state index in [0.717, 1.165) is 6.26 Å². The molecule has 1 saturated heterocycles. The molecule has 0 aromatic rings. The summed E-state index contributed by atoms with van der Waals surface area (Å²) < 4.78 is 30.3. The lowest BCUT2D eigenvalue weighted by molar-refractivity contribution is -0.124. The minimum atomic E-state index is -3.48. The Labute approximate surface area is 126 Å². The fraction of sp³-hybridized carbons (Fsp3) is 0.923. The minimum Gasteiger partial charge on any atom is -0.385 e. The van der Waals surface area contributed by atoms with Crippen LogP contribution < -0.4 is 10.0 Å². The number of carbonyl (C=O) groups is 1. The van der Waals surface area contributed by atoms with E-state index in [0.29, 0.717) is 19.4 Å². The van der Waals surface area contributed by atoms with Crippen LogP contribution in [0.1, 0.15) is 33.6 Å². The van der Waals surface area contributed by atoms with Gasteiger partial charge in [-0.25, -0.2) is 13.1 Å². The molecule has 1 amide bonds. The average molecular weight is 322 g/mol. The van der Waals surface area contributed by atoms with Crippen LogP contribution in [-0.2, 0) is 19.6 Å². The molecule has 124 valence electrons. The van der Waals surface area contributed by atoms with E-state index < -0.39 is 27.6 Å². The molecule has 1 fully saturated rings. The molecule has 0 aromatic heterocycles. The van der Waals surface area contributed by atoms with Crippen molar-refractivity contribution in [3.8, 4) is 0 Å². The van der Waals surface area contributed by atoms with Crippen LogP contribution in [0, 0.1) is 5.92 Å². The Morgan fingerprint density at radius 2 is 2.10 bits per heavy atom. The molecule has 1 heterocycles. The summed E-state index contributed by atoms with van der Waals surface area (Å²) in [6.07, 6.45) is 1.50. The van der Waals surface area contributed by atoms with E-state index in [1.54, 1.807) is 6.92 Å². The van der Waals surface area contributed by atoms with Crippen molar-refractivity contribution in [2.75, 3.05) is 19.4 Å². The molecule has 8 heteroatoms. The maximum atomic E-state index is 12.2. The molecule has 1 rings (SSSR count). The summed E-state index contributed by atoms with van der Waals surface area (Å²) in [7, 11) is -3.48. The second-order valence-corrected chi connectivity index (χ2v) is 7.94. The Bertz CT molecular complexity index is 465. The van der Waals surface area contributed by atoms with Gasteiger partial charge in [-0.1, -0.05) is 13.8 Å². The van der Waals surface area contributed by atoms with Gasteiger partial charge in [0.2, 0.25) is 15.9 Å². The third kappa shape index (κ3) is 5.90. The normalized spacial score (nSPS) is 27.8. The molecule has 0 aromatic carbocycles. The molecule has 0 spiro atoms. The van der Waals surface area contributed by atoms with Crippen LogP contribution in [-0.4, -0.2) is 56.6 Å². The Balaban J connectivity index is 2.64. The van der Waals surface area contributed by atoms with Crippen molar-refractivity contribution in [1.29, 1.82) is 0 Å². The second kappa shape index (κ2) is 7.04. The first-order valence-corrected chi connectivity index (χ1v) is 9.01. The molecule has 0 aliphatic carbocycles. The van der Waals surface area contributed by atoms with Crippen molar-refractivity contribution in [2.24, 2.45) is 5.92 Å². The van der Waals surface area contributed by atoms with Crippen molar-refractivity contribution >= 4 is 15.9 Å². The second-order valence-electron chi connectivity index (χ2n) is 6.16. The standard InChI is InChI=1S/C13H26N2O5S/c1-9(2)7-11(15-21(4,18)19)12(16)14-8-13(17)5-6-20-10(13)3/h9-11,15,17H,5-8H2,1-4H3,(H,14,16). The van der Waals surface area contributed by atoms with Crippen LogP contribution in [0.2, 0.25) is 0 Å². The first-order chi connectivity index (χ1) is 9.53. The predicted molar refractivity (Wildman–Crippen MR) is 79.2 cm³/mol. The fourth-order valence-electron chi connectivity index (χ4n) is 2.30. The molecule has 0 bridgehead atoms. The molecule has 3 unspecified atom stereocenters. The Kier molecular flexibility index (Phi) is 6.15. The summed E-state index contributed by atoms with van der Waals surface area (Å²) in [5, 5.41) is 13.0. The monoisotopic (exact) mass is 322 g/mol. The molecule has 1 aliphatic heterocycles. The van der Waals surface area contributed by atoms with Gasteiger partial charge in [0.1, 0.15) is 11.6 Å². The zero-order chi connectivity index (χ0) is 16.3. The van der Waals surface area contributed by atoms with Gasteiger partial charge in [-0.15, -0.1) is 0 Å². The average Bonchev–Trinajstić information content (AvgIpc) is 2.64. The van der Waals surface area contributed by atoms with Crippen LogP contribution in [0.3, 0.4) is 0 Å². The van der Waals surface area contributed by atoms with Crippen molar-refractivity contribution in [3.05, 3.63) is 0 Å². The molecule has 0 radical (unpaired) electrons. The third-order valence-electron chi connectivity index (χ3n) is 3.61. The maximum Gasteiger partial charge on any atom is 0.238 e. The van der Waals surface area contributed by atoms with Gasteiger partial charge in [0, 0.05) is 19.6 Å². The van der Waals surface area contributed by atoms with E-state index >= 15 is 0 Å². The van der Waals surface area contributed by atoms with Crippen LogP contribution in [0.25, 0.3) is 0 Å². The minimum absolute atomic E-state index is 0.0486. The number of nitrogens with one attached hydrogen (secondary N) is 2. The van der Waals surface area contributed by atoms with E-state index in [1.807, 2.05) is 13.8 Å². The van der Waals surface area contributed by atoms with Gasteiger partial charge >= 0.3 is 0 Å². The van der Waals surface area contributed by atoms with Crippen LogP contribution in [0.5, 0.6) is 0 Å². The number of ether oxygens (including phenoxy) is 1. The number of rotatable bonds is 7. The van der Waals surface area contributed by atoms with Gasteiger partial charge in [0.25, 0.3) is 0 Å². The number of sulfonamides is 1. The van der Waals surface area contributed by atoms with E-state index in [4.69, 9.17) is 4.74 Å². The number of hydrogen-bond acceptors (Lipinski definition) is 5. The zero-order valence-corrected chi connectivity index (χ0v) is 13.9. The maximum absolute atomic E-state index is 12.2. The van der Waals surface area contributed by atoms with E-state index in [-0.39, 0.29) is 18.6 Å². The van der Waals surface area contributed by atoms with Gasteiger partial charge in [-0.3, -0.25) is 4.79 Å². The summed E-state index contributed by atoms with van der Waals surface area (Å²) in [5.74, 6) is -0.270. The molecular formula is C13H26N2O5S. The third-order valence-corrected chi connectivity index (χ3v) is 4.32. The highest BCUT2D eigenvalue weighted by Gasteiger charge is 2.40. The highest BCUT2D eigenvalue weighted by molar-refractivity contribution is 7.88. The van der Waals surface area contributed by atoms with Crippen LogP contribution in [0.15, 0.2) is 0 Å². The fourth-order valence-corrected chi connectivity index (χ4v) is 3.02. The summed E-state index contributed by atoms with van der Waals surface area (Å²) in [6.45, 7) is 6.06. The van der Waals surface area contributed by atoms with Gasteiger partial charge in [0.15, 0.2) is 0 Å². The summed E-state index contributed by atoms with van der Waals surface area (Å²) in [5.41, 5.74) is -1.09. The summed E-state index contributed by atoms with van der Waals surface area (Å²) in [6, 6.07) is -0.832. The van der Waals surface area contributed by atoms with Gasteiger partial charge in [-0.2, -0.15) is 0 Å². The topological polar surface area (TPSA) is 105 Å². The lowest BCUT2D eigenvalue weighted by Gasteiger charge is -2.27. The van der Waals surface area contributed by atoms with Crippen LogP contribution in [0.4, 0.5) is 0 Å². The lowest BCUT2D eigenvalue weighted by atomic mass is 9.96. The van der Waals surface area contributed by atoms with Crippen molar-refractivity contribution in [3.63, 3.8) is 0 Å². The quantitative estimate of drug-likeness (QED) is 0.592. The first-order valence-electron chi connectivity index (χ1n) is 7.12. The zero-order valence-electron chi connectivity index (χ0n) is 13.0. The van der Waals surface area contributed by atoms with Gasteiger partial charge in [0.05, 0.1) is 12.4 Å². The van der Waals surface area contributed by atoms with E-state index in [9.17, 15) is 18.3 Å². The summed E-state index contributed by atoms with van der Waals surface area (Å²) >= 11 is 0. The lowest BCUT2D eigenvalue weighted by Crippen LogP contribution is -2.53. The highest BCUT2D eigenvalue weighted by atomic mass is 32.2. The van der Waals surface area contributed by atoms with Gasteiger partial charge in [-0.05, 0) is 19.3 Å². The number of hydrogen-bond donors (Lipinski definition) is 3. The SMILES string of the molecule is CC(C)CC(NS(C)(=O)=O)C(=O)NCC1(O)CCOC1C. The van der Waals surface area contributed by atoms with Crippen molar-refractivity contribution in [2.45, 2.75) is 51.4 Å². The van der Waals surface area contributed by atoms with E-state index in [2.05, 4.69) is 10.0 Å². The molecule has 0 saturated carbocycles. The Morgan fingerprint density at radius 3 is 2.52 bits per heavy atom. The molecule has 3 N–H and O–H groups in total. The molecule has 1 aliphatic rings. The van der Waals surface area contributed by atoms with Gasteiger partial charge < -0.3 is 15.2 Å². The highest BCUT2D eigenvalue weighted by Crippen LogP contribution is 2.24.